The van der Waals surface area contributed by atoms with Gasteiger partial charge in [-0.25, -0.2) is 4.98 Å². The molecule has 0 atom stereocenters. The SMILES string of the molecule is CCOC(=O)CN(c1cc(OCC)nc(C)n1)C(C)C. The lowest BCUT2D eigenvalue weighted by Gasteiger charge is -2.27. The van der Waals surface area contributed by atoms with Crippen molar-refractivity contribution in [3.05, 3.63) is 11.9 Å². The van der Waals surface area contributed by atoms with Crippen LogP contribution in [-0.4, -0.2) is 41.7 Å². The summed E-state index contributed by atoms with van der Waals surface area (Å²) in [6, 6.07) is 1.86. The van der Waals surface area contributed by atoms with Crippen molar-refractivity contribution in [3.8, 4) is 5.88 Å². The Bertz CT molecular complexity index is 449. The molecule has 0 aliphatic rings. The van der Waals surface area contributed by atoms with Crippen LogP contribution in [0.5, 0.6) is 5.88 Å². The maximum Gasteiger partial charge on any atom is 0.325 e. The number of hydrogen-bond donors (Lipinski definition) is 0. The summed E-state index contributed by atoms with van der Waals surface area (Å²) in [4.78, 5) is 22.1. The van der Waals surface area contributed by atoms with Gasteiger partial charge in [0.15, 0.2) is 0 Å². The van der Waals surface area contributed by atoms with Crippen LogP contribution in [0.25, 0.3) is 0 Å². The zero-order valence-corrected chi connectivity index (χ0v) is 12.8. The predicted octanol–water partition coefficient (Wildman–Crippen LogP) is 1.96. The molecule has 20 heavy (non-hydrogen) atoms. The summed E-state index contributed by atoms with van der Waals surface area (Å²) in [5.41, 5.74) is 0. The van der Waals surface area contributed by atoms with Gasteiger partial charge in [-0.05, 0) is 34.6 Å². The lowest BCUT2D eigenvalue weighted by molar-refractivity contribution is -0.141. The number of esters is 1. The van der Waals surface area contributed by atoms with Crippen molar-refractivity contribution < 1.29 is 14.3 Å². The van der Waals surface area contributed by atoms with E-state index in [0.717, 1.165) is 0 Å². The molecular formula is C14H23N3O3. The molecule has 0 radical (unpaired) electrons. The lowest BCUT2D eigenvalue weighted by atomic mass is 10.3. The molecule has 0 aliphatic heterocycles. The van der Waals surface area contributed by atoms with Crippen LogP contribution in [0.2, 0.25) is 0 Å². The first-order chi connectivity index (χ1) is 9.47. The fourth-order valence-electron chi connectivity index (χ4n) is 1.77. The van der Waals surface area contributed by atoms with E-state index < -0.39 is 0 Å². The summed E-state index contributed by atoms with van der Waals surface area (Å²) in [6.45, 7) is 10.6. The van der Waals surface area contributed by atoms with Crippen molar-refractivity contribution in [2.24, 2.45) is 0 Å². The average Bonchev–Trinajstić information content (AvgIpc) is 2.35. The number of ether oxygens (including phenoxy) is 2. The molecule has 112 valence electrons. The minimum Gasteiger partial charge on any atom is -0.478 e. The number of rotatable bonds is 7. The van der Waals surface area contributed by atoms with E-state index in [2.05, 4.69) is 9.97 Å². The van der Waals surface area contributed by atoms with Gasteiger partial charge in [0.25, 0.3) is 0 Å². The molecule has 0 saturated carbocycles. The zero-order chi connectivity index (χ0) is 15.1. The van der Waals surface area contributed by atoms with Crippen molar-refractivity contribution in [1.29, 1.82) is 0 Å². The first-order valence-electron chi connectivity index (χ1n) is 6.88. The van der Waals surface area contributed by atoms with Crippen LogP contribution < -0.4 is 9.64 Å². The third-order valence-electron chi connectivity index (χ3n) is 2.62. The van der Waals surface area contributed by atoms with Crippen LogP contribution in [0.15, 0.2) is 6.07 Å². The minimum atomic E-state index is -0.268. The number of carbonyl (C=O) groups is 1. The fraction of sp³-hybridized carbons (Fsp3) is 0.643. The Balaban J connectivity index is 2.99. The lowest BCUT2D eigenvalue weighted by Crippen LogP contribution is -2.37. The maximum atomic E-state index is 11.7. The topological polar surface area (TPSA) is 64.5 Å². The second kappa shape index (κ2) is 7.67. The van der Waals surface area contributed by atoms with Crippen LogP contribution in [0, 0.1) is 6.92 Å². The monoisotopic (exact) mass is 281 g/mol. The second-order valence-corrected chi connectivity index (χ2v) is 4.57. The van der Waals surface area contributed by atoms with Gasteiger partial charge in [-0.2, -0.15) is 4.98 Å². The molecule has 0 fully saturated rings. The molecule has 0 N–H and O–H groups in total. The van der Waals surface area contributed by atoms with Gasteiger partial charge in [0, 0.05) is 12.1 Å². The van der Waals surface area contributed by atoms with Crippen LogP contribution in [0.4, 0.5) is 5.82 Å². The standard InChI is InChI=1S/C14H23N3O3/c1-6-19-13-8-12(15-11(5)16-13)17(10(3)4)9-14(18)20-7-2/h8,10H,6-7,9H2,1-5H3. The van der Waals surface area contributed by atoms with Gasteiger partial charge in [0.05, 0.1) is 13.2 Å². The molecule has 0 bridgehead atoms. The zero-order valence-electron chi connectivity index (χ0n) is 12.8. The highest BCUT2D eigenvalue weighted by molar-refractivity contribution is 5.75. The average molecular weight is 281 g/mol. The molecular weight excluding hydrogens is 258 g/mol. The summed E-state index contributed by atoms with van der Waals surface area (Å²) in [7, 11) is 0. The van der Waals surface area contributed by atoms with E-state index in [1.165, 1.54) is 0 Å². The molecule has 0 amide bonds. The Morgan fingerprint density at radius 3 is 2.55 bits per heavy atom. The highest BCUT2D eigenvalue weighted by Gasteiger charge is 2.18. The van der Waals surface area contributed by atoms with Crippen LogP contribution in [-0.2, 0) is 9.53 Å². The molecule has 1 heterocycles. The van der Waals surface area contributed by atoms with Gasteiger partial charge < -0.3 is 14.4 Å². The summed E-state index contributed by atoms with van der Waals surface area (Å²) in [5, 5.41) is 0. The minimum absolute atomic E-state index is 0.114. The first kappa shape index (κ1) is 16.2. The largest absolute Gasteiger partial charge is 0.478 e. The van der Waals surface area contributed by atoms with E-state index >= 15 is 0 Å². The first-order valence-corrected chi connectivity index (χ1v) is 6.88. The van der Waals surface area contributed by atoms with E-state index in [-0.39, 0.29) is 18.6 Å². The molecule has 0 saturated heterocycles. The van der Waals surface area contributed by atoms with Crippen LogP contribution in [0.3, 0.4) is 0 Å². The number of aromatic nitrogens is 2. The number of anilines is 1. The van der Waals surface area contributed by atoms with E-state index in [4.69, 9.17) is 9.47 Å². The molecule has 6 nitrogen and oxygen atoms in total. The Hall–Kier alpha value is -1.85. The quantitative estimate of drug-likeness (QED) is 0.712. The third kappa shape index (κ3) is 4.68. The van der Waals surface area contributed by atoms with E-state index in [0.29, 0.717) is 30.7 Å². The molecule has 1 aromatic heterocycles. The predicted molar refractivity (Wildman–Crippen MR) is 77.1 cm³/mol. The van der Waals surface area contributed by atoms with E-state index in [1.807, 2.05) is 25.7 Å². The molecule has 0 aromatic carbocycles. The van der Waals surface area contributed by atoms with E-state index in [1.54, 1.807) is 19.9 Å². The normalized spacial score (nSPS) is 10.5. The van der Waals surface area contributed by atoms with Crippen molar-refractivity contribution in [1.82, 2.24) is 9.97 Å². The van der Waals surface area contributed by atoms with E-state index in [9.17, 15) is 4.79 Å². The Kier molecular flexibility index (Phi) is 6.21. The highest BCUT2D eigenvalue weighted by Crippen LogP contribution is 2.19. The number of nitrogens with zero attached hydrogens (tertiary/aromatic N) is 3. The van der Waals surface area contributed by atoms with Crippen LogP contribution in [0.1, 0.15) is 33.5 Å². The number of hydrogen-bond acceptors (Lipinski definition) is 6. The van der Waals surface area contributed by atoms with Crippen molar-refractivity contribution in [2.45, 2.75) is 40.7 Å². The Morgan fingerprint density at radius 2 is 2.00 bits per heavy atom. The van der Waals surface area contributed by atoms with Gasteiger partial charge >= 0.3 is 5.97 Å². The van der Waals surface area contributed by atoms with Gasteiger partial charge in [0.1, 0.15) is 18.2 Å². The fourth-order valence-corrected chi connectivity index (χ4v) is 1.77. The highest BCUT2D eigenvalue weighted by atomic mass is 16.5. The second-order valence-electron chi connectivity index (χ2n) is 4.57. The molecule has 0 unspecified atom stereocenters. The Labute approximate surface area is 120 Å². The summed E-state index contributed by atoms with van der Waals surface area (Å²) in [6.07, 6.45) is 0. The number of aryl methyl sites for hydroxylation is 1. The smallest absolute Gasteiger partial charge is 0.325 e. The van der Waals surface area contributed by atoms with Crippen molar-refractivity contribution >= 4 is 11.8 Å². The summed E-state index contributed by atoms with van der Waals surface area (Å²) >= 11 is 0. The molecule has 0 aliphatic carbocycles. The molecule has 1 aromatic rings. The molecule has 6 heteroatoms. The molecule has 1 rings (SSSR count). The van der Waals surface area contributed by atoms with Crippen molar-refractivity contribution in [3.63, 3.8) is 0 Å². The number of carbonyl (C=O) groups excluding carboxylic acids is 1. The summed E-state index contributed by atoms with van der Waals surface area (Å²) in [5.74, 6) is 1.53. The Morgan fingerprint density at radius 1 is 1.30 bits per heavy atom. The molecule has 0 spiro atoms. The van der Waals surface area contributed by atoms with Gasteiger partial charge in [0.2, 0.25) is 5.88 Å². The van der Waals surface area contributed by atoms with Gasteiger partial charge in [-0.1, -0.05) is 0 Å². The maximum absolute atomic E-state index is 11.7. The van der Waals surface area contributed by atoms with Gasteiger partial charge in [-0.15, -0.1) is 0 Å². The van der Waals surface area contributed by atoms with Crippen LogP contribution >= 0.6 is 0 Å². The van der Waals surface area contributed by atoms with Crippen molar-refractivity contribution in [2.75, 3.05) is 24.7 Å². The van der Waals surface area contributed by atoms with Gasteiger partial charge in [-0.3, -0.25) is 4.79 Å². The third-order valence-corrected chi connectivity index (χ3v) is 2.62. The summed E-state index contributed by atoms with van der Waals surface area (Å²) < 4.78 is 10.4.